The highest BCUT2D eigenvalue weighted by molar-refractivity contribution is 5.75. The molecule has 1 aromatic heterocycles. The molecule has 2 rings (SSSR count). The van der Waals surface area contributed by atoms with Crippen LogP contribution in [0.5, 0.6) is 0 Å². The van der Waals surface area contributed by atoms with Gasteiger partial charge in [-0.05, 0) is 31.9 Å². The van der Waals surface area contributed by atoms with E-state index in [1.165, 1.54) is 5.52 Å². The first-order chi connectivity index (χ1) is 7.33. The van der Waals surface area contributed by atoms with Crippen molar-refractivity contribution >= 4 is 11.0 Å². The van der Waals surface area contributed by atoms with Crippen LogP contribution in [0.1, 0.15) is 18.7 Å². The average Bonchev–Trinajstić information content (AvgIpc) is 2.56. The molecular formula is C13H16N2. The monoisotopic (exact) mass is 200 g/mol. The van der Waals surface area contributed by atoms with Crippen molar-refractivity contribution in [3.05, 3.63) is 42.7 Å². The fraction of sp³-hybridized carbons (Fsp3) is 0.308. The van der Waals surface area contributed by atoms with E-state index in [1.54, 1.807) is 0 Å². The average molecular weight is 200 g/mol. The maximum Gasteiger partial charge on any atom is 0.106 e. The SMILES string of the molecule is C=CCCCn1c(C)nc2ccccc21. The van der Waals surface area contributed by atoms with Gasteiger partial charge in [-0.2, -0.15) is 0 Å². The molecule has 1 heterocycles. The Morgan fingerprint density at radius 1 is 1.40 bits per heavy atom. The molecule has 15 heavy (non-hydrogen) atoms. The second-order valence-corrected chi connectivity index (χ2v) is 3.73. The van der Waals surface area contributed by atoms with E-state index in [1.807, 2.05) is 12.1 Å². The van der Waals surface area contributed by atoms with Crippen molar-refractivity contribution in [2.75, 3.05) is 0 Å². The Hall–Kier alpha value is -1.57. The van der Waals surface area contributed by atoms with Crippen LogP contribution < -0.4 is 0 Å². The molecule has 1 aromatic carbocycles. The van der Waals surface area contributed by atoms with Crippen molar-refractivity contribution in [1.29, 1.82) is 0 Å². The van der Waals surface area contributed by atoms with Gasteiger partial charge in [0, 0.05) is 6.54 Å². The molecule has 2 heteroatoms. The summed E-state index contributed by atoms with van der Waals surface area (Å²) in [5.41, 5.74) is 2.33. The Kier molecular flexibility index (Phi) is 2.86. The summed E-state index contributed by atoms with van der Waals surface area (Å²) < 4.78 is 2.28. The van der Waals surface area contributed by atoms with Crippen LogP contribution in [0, 0.1) is 6.92 Å². The number of para-hydroxylation sites is 2. The third-order valence-corrected chi connectivity index (χ3v) is 2.64. The molecule has 0 aliphatic heterocycles. The van der Waals surface area contributed by atoms with Crippen molar-refractivity contribution in [1.82, 2.24) is 9.55 Å². The van der Waals surface area contributed by atoms with Crippen molar-refractivity contribution in [3.8, 4) is 0 Å². The zero-order chi connectivity index (χ0) is 10.7. The minimum atomic E-state index is 1.03. The lowest BCUT2D eigenvalue weighted by atomic mass is 10.3. The number of rotatable bonds is 4. The second-order valence-electron chi connectivity index (χ2n) is 3.73. The molecule has 0 saturated heterocycles. The number of aromatic nitrogens is 2. The number of fused-ring (bicyclic) bond motifs is 1. The number of allylic oxidation sites excluding steroid dienone is 1. The maximum absolute atomic E-state index is 4.53. The van der Waals surface area contributed by atoms with E-state index in [-0.39, 0.29) is 0 Å². The molecular weight excluding hydrogens is 184 g/mol. The molecule has 78 valence electrons. The van der Waals surface area contributed by atoms with Crippen molar-refractivity contribution in [3.63, 3.8) is 0 Å². The van der Waals surface area contributed by atoms with Gasteiger partial charge < -0.3 is 4.57 Å². The van der Waals surface area contributed by atoms with Gasteiger partial charge in [-0.15, -0.1) is 6.58 Å². The fourth-order valence-corrected chi connectivity index (χ4v) is 1.87. The lowest BCUT2D eigenvalue weighted by molar-refractivity contribution is 0.648. The van der Waals surface area contributed by atoms with Gasteiger partial charge in [0.15, 0.2) is 0 Å². The van der Waals surface area contributed by atoms with Gasteiger partial charge in [-0.25, -0.2) is 4.98 Å². The van der Waals surface area contributed by atoms with Crippen LogP contribution in [0.25, 0.3) is 11.0 Å². The summed E-state index contributed by atoms with van der Waals surface area (Å²) in [5.74, 6) is 1.10. The van der Waals surface area contributed by atoms with Gasteiger partial charge in [0.1, 0.15) is 5.82 Å². The van der Waals surface area contributed by atoms with E-state index in [9.17, 15) is 0 Å². The topological polar surface area (TPSA) is 17.8 Å². The van der Waals surface area contributed by atoms with Gasteiger partial charge in [0.05, 0.1) is 11.0 Å². The maximum atomic E-state index is 4.53. The smallest absolute Gasteiger partial charge is 0.106 e. The number of nitrogens with zero attached hydrogens (tertiary/aromatic N) is 2. The quantitative estimate of drug-likeness (QED) is 0.547. The van der Waals surface area contributed by atoms with Crippen LogP contribution in [0.15, 0.2) is 36.9 Å². The second kappa shape index (κ2) is 4.30. The van der Waals surface area contributed by atoms with Crippen molar-refractivity contribution < 1.29 is 0 Å². The van der Waals surface area contributed by atoms with Crippen LogP contribution in [0.3, 0.4) is 0 Å². The summed E-state index contributed by atoms with van der Waals surface area (Å²) >= 11 is 0. The molecule has 0 aliphatic rings. The van der Waals surface area contributed by atoms with Crippen LogP contribution >= 0.6 is 0 Å². The molecule has 0 N–H and O–H groups in total. The Bertz CT molecular complexity index is 468. The Morgan fingerprint density at radius 2 is 2.20 bits per heavy atom. The van der Waals surface area contributed by atoms with Gasteiger partial charge in [-0.3, -0.25) is 0 Å². The van der Waals surface area contributed by atoms with E-state index in [2.05, 4.69) is 41.3 Å². The highest BCUT2D eigenvalue weighted by Crippen LogP contribution is 2.16. The molecule has 0 bridgehead atoms. The first-order valence-corrected chi connectivity index (χ1v) is 5.35. The Morgan fingerprint density at radius 3 is 3.00 bits per heavy atom. The van der Waals surface area contributed by atoms with Crippen molar-refractivity contribution in [2.24, 2.45) is 0 Å². The van der Waals surface area contributed by atoms with E-state index >= 15 is 0 Å². The largest absolute Gasteiger partial charge is 0.328 e. The molecule has 0 radical (unpaired) electrons. The molecule has 2 aromatic rings. The molecule has 0 spiro atoms. The summed E-state index contributed by atoms with van der Waals surface area (Å²) in [4.78, 5) is 4.53. The highest BCUT2D eigenvalue weighted by Gasteiger charge is 2.04. The van der Waals surface area contributed by atoms with Crippen LogP contribution in [-0.4, -0.2) is 9.55 Å². The number of benzene rings is 1. The molecule has 0 amide bonds. The summed E-state index contributed by atoms with van der Waals surface area (Å²) in [5, 5.41) is 0. The number of hydrogen-bond acceptors (Lipinski definition) is 1. The predicted molar refractivity (Wildman–Crippen MR) is 63.9 cm³/mol. The molecule has 0 atom stereocenters. The third-order valence-electron chi connectivity index (χ3n) is 2.64. The molecule has 0 aliphatic carbocycles. The first-order valence-electron chi connectivity index (χ1n) is 5.35. The third kappa shape index (κ3) is 1.94. The summed E-state index contributed by atoms with van der Waals surface area (Å²) in [6.45, 7) is 6.83. The summed E-state index contributed by atoms with van der Waals surface area (Å²) in [7, 11) is 0. The lowest BCUT2D eigenvalue weighted by Gasteiger charge is -2.04. The number of aryl methyl sites for hydroxylation is 2. The lowest BCUT2D eigenvalue weighted by Crippen LogP contribution is -1.99. The fourth-order valence-electron chi connectivity index (χ4n) is 1.87. The number of unbranched alkanes of at least 4 members (excludes halogenated alkanes) is 1. The van der Waals surface area contributed by atoms with Gasteiger partial charge >= 0.3 is 0 Å². The molecule has 0 unspecified atom stereocenters. The minimum absolute atomic E-state index is 1.03. The van der Waals surface area contributed by atoms with E-state index in [0.717, 1.165) is 30.7 Å². The summed E-state index contributed by atoms with van der Waals surface area (Å²) in [6, 6.07) is 8.28. The van der Waals surface area contributed by atoms with E-state index < -0.39 is 0 Å². The minimum Gasteiger partial charge on any atom is -0.328 e. The molecule has 2 nitrogen and oxygen atoms in total. The Labute approximate surface area is 90.3 Å². The van der Waals surface area contributed by atoms with Crippen LogP contribution in [-0.2, 0) is 6.54 Å². The van der Waals surface area contributed by atoms with Crippen molar-refractivity contribution in [2.45, 2.75) is 26.3 Å². The zero-order valence-corrected chi connectivity index (χ0v) is 9.11. The zero-order valence-electron chi connectivity index (χ0n) is 9.11. The van der Waals surface area contributed by atoms with Gasteiger partial charge in [-0.1, -0.05) is 18.2 Å². The standard InChI is InChI=1S/C13H16N2/c1-3-4-7-10-15-11(2)14-12-8-5-6-9-13(12)15/h3,5-6,8-9H,1,4,7,10H2,2H3. The van der Waals surface area contributed by atoms with E-state index in [4.69, 9.17) is 0 Å². The molecule has 0 fully saturated rings. The van der Waals surface area contributed by atoms with Crippen LogP contribution in [0.2, 0.25) is 0 Å². The summed E-state index contributed by atoms with van der Waals surface area (Å²) in [6.07, 6.45) is 4.16. The van der Waals surface area contributed by atoms with Gasteiger partial charge in [0.2, 0.25) is 0 Å². The molecule has 0 saturated carbocycles. The first kappa shape index (κ1) is 9.97. The normalized spacial score (nSPS) is 10.7. The van der Waals surface area contributed by atoms with Gasteiger partial charge in [0.25, 0.3) is 0 Å². The van der Waals surface area contributed by atoms with Crippen LogP contribution in [0.4, 0.5) is 0 Å². The number of hydrogen-bond donors (Lipinski definition) is 0. The highest BCUT2D eigenvalue weighted by atomic mass is 15.1. The predicted octanol–water partition coefficient (Wildman–Crippen LogP) is 3.31. The number of imidazole rings is 1. The van der Waals surface area contributed by atoms with E-state index in [0.29, 0.717) is 0 Å². The Balaban J connectivity index is 2.32.